The minimum atomic E-state index is 0.535. The van der Waals surface area contributed by atoms with Gasteiger partial charge in [0.05, 0.1) is 19.1 Å². The van der Waals surface area contributed by atoms with Gasteiger partial charge < -0.3 is 9.30 Å². The SMILES string of the molecule is C=C/C(=C(\N=C(C)C)OC)n1cnc(C)c1. The number of aromatic nitrogens is 2. The van der Waals surface area contributed by atoms with Crippen molar-refractivity contribution in [3.05, 3.63) is 36.8 Å². The van der Waals surface area contributed by atoms with E-state index in [1.165, 1.54) is 0 Å². The predicted octanol–water partition coefficient (Wildman–Crippen LogP) is 2.63. The summed E-state index contributed by atoms with van der Waals surface area (Å²) in [6, 6.07) is 0. The summed E-state index contributed by atoms with van der Waals surface area (Å²) in [7, 11) is 1.59. The molecular weight excluding hydrogens is 202 g/mol. The van der Waals surface area contributed by atoms with Gasteiger partial charge >= 0.3 is 0 Å². The number of imidazole rings is 1. The molecule has 86 valence electrons. The molecule has 0 atom stereocenters. The van der Waals surface area contributed by atoms with E-state index in [4.69, 9.17) is 4.74 Å². The van der Waals surface area contributed by atoms with Crippen molar-refractivity contribution in [2.45, 2.75) is 20.8 Å². The number of hydrogen-bond acceptors (Lipinski definition) is 3. The summed E-state index contributed by atoms with van der Waals surface area (Å²) in [6.07, 6.45) is 5.31. The highest BCUT2D eigenvalue weighted by Crippen LogP contribution is 2.15. The van der Waals surface area contributed by atoms with E-state index in [9.17, 15) is 0 Å². The summed E-state index contributed by atoms with van der Waals surface area (Å²) in [4.78, 5) is 8.46. The Hall–Kier alpha value is -1.84. The van der Waals surface area contributed by atoms with E-state index in [1.807, 2.05) is 31.5 Å². The maximum Gasteiger partial charge on any atom is 0.237 e. The predicted molar refractivity (Wildman–Crippen MR) is 66.2 cm³/mol. The van der Waals surface area contributed by atoms with Crippen molar-refractivity contribution in [1.29, 1.82) is 0 Å². The van der Waals surface area contributed by atoms with Gasteiger partial charge in [-0.3, -0.25) is 0 Å². The van der Waals surface area contributed by atoms with Crippen LogP contribution < -0.4 is 0 Å². The van der Waals surface area contributed by atoms with Crippen molar-refractivity contribution in [1.82, 2.24) is 9.55 Å². The van der Waals surface area contributed by atoms with Crippen LogP contribution in [0.2, 0.25) is 0 Å². The number of allylic oxidation sites excluding steroid dienone is 2. The maximum atomic E-state index is 5.25. The molecule has 4 nitrogen and oxygen atoms in total. The highest BCUT2D eigenvalue weighted by Gasteiger charge is 2.06. The van der Waals surface area contributed by atoms with Crippen molar-refractivity contribution >= 4 is 11.4 Å². The van der Waals surface area contributed by atoms with Crippen LogP contribution in [-0.2, 0) is 4.74 Å². The number of methoxy groups -OCH3 is 1. The summed E-state index contributed by atoms with van der Waals surface area (Å²) < 4.78 is 7.09. The van der Waals surface area contributed by atoms with E-state index in [-0.39, 0.29) is 0 Å². The zero-order valence-corrected chi connectivity index (χ0v) is 10.2. The molecule has 4 heteroatoms. The monoisotopic (exact) mass is 219 g/mol. The normalized spacial score (nSPS) is 11.8. The molecule has 1 rings (SSSR count). The molecule has 0 saturated carbocycles. The fourth-order valence-electron chi connectivity index (χ4n) is 1.27. The molecule has 0 fully saturated rings. The Labute approximate surface area is 96.0 Å². The number of nitrogens with zero attached hydrogens (tertiary/aromatic N) is 3. The van der Waals surface area contributed by atoms with Crippen molar-refractivity contribution < 1.29 is 4.74 Å². The second kappa shape index (κ2) is 5.30. The lowest BCUT2D eigenvalue weighted by molar-refractivity contribution is 0.289. The third-order valence-electron chi connectivity index (χ3n) is 1.92. The minimum absolute atomic E-state index is 0.535. The third kappa shape index (κ3) is 2.82. The molecule has 0 amide bonds. The number of hydrogen-bond donors (Lipinski definition) is 0. The second-order valence-electron chi connectivity index (χ2n) is 3.58. The summed E-state index contributed by atoms with van der Waals surface area (Å²) >= 11 is 0. The quantitative estimate of drug-likeness (QED) is 0.443. The molecule has 0 aromatic carbocycles. The molecule has 16 heavy (non-hydrogen) atoms. The van der Waals surface area contributed by atoms with Gasteiger partial charge in [0.25, 0.3) is 0 Å². The van der Waals surface area contributed by atoms with Gasteiger partial charge in [-0.2, -0.15) is 0 Å². The topological polar surface area (TPSA) is 39.4 Å². The Kier molecular flexibility index (Phi) is 4.05. The van der Waals surface area contributed by atoms with E-state index in [0.717, 1.165) is 17.1 Å². The third-order valence-corrected chi connectivity index (χ3v) is 1.92. The first-order chi connectivity index (χ1) is 7.58. The Morgan fingerprint density at radius 2 is 2.25 bits per heavy atom. The summed E-state index contributed by atoms with van der Waals surface area (Å²) in [5.41, 5.74) is 2.64. The second-order valence-corrected chi connectivity index (χ2v) is 3.58. The van der Waals surface area contributed by atoms with Crippen molar-refractivity contribution in [3.8, 4) is 0 Å². The molecule has 0 spiro atoms. The van der Waals surface area contributed by atoms with Gasteiger partial charge in [-0.15, -0.1) is 0 Å². The van der Waals surface area contributed by atoms with Crippen LogP contribution in [0.3, 0.4) is 0 Å². The molecule has 0 saturated heterocycles. The first-order valence-corrected chi connectivity index (χ1v) is 5.02. The van der Waals surface area contributed by atoms with Gasteiger partial charge in [0.2, 0.25) is 5.88 Å². The fraction of sp³-hybridized carbons (Fsp3) is 0.333. The molecule has 0 N–H and O–H groups in total. The maximum absolute atomic E-state index is 5.25. The van der Waals surface area contributed by atoms with Crippen LogP contribution >= 0.6 is 0 Å². The number of aliphatic imine (C=N–C) groups is 1. The zero-order valence-electron chi connectivity index (χ0n) is 10.2. The summed E-state index contributed by atoms with van der Waals surface area (Å²) in [5.74, 6) is 0.535. The van der Waals surface area contributed by atoms with Crippen LogP contribution in [0.4, 0.5) is 0 Å². The van der Waals surface area contributed by atoms with Crippen molar-refractivity contribution in [3.63, 3.8) is 0 Å². The molecule has 0 aliphatic heterocycles. The Bertz CT molecular complexity index is 437. The van der Waals surface area contributed by atoms with Crippen LogP contribution in [0, 0.1) is 6.92 Å². The van der Waals surface area contributed by atoms with Gasteiger partial charge in [-0.05, 0) is 26.8 Å². The van der Waals surface area contributed by atoms with Crippen molar-refractivity contribution in [2.75, 3.05) is 7.11 Å². The lowest BCUT2D eigenvalue weighted by Crippen LogP contribution is -1.98. The van der Waals surface area contributed by atoms with E-state index in [2.05, 4.69) is 16.6 Å². The fourth-order valence-corrected chi connectivity index (χ4v) is 1.27. The standard InChI is InChI=1S/C12H17N3O/c1-6-11(12(16-5)14-9(2)3)15-7-10(4)13-8-15/h6-8H,1H2,2-5H3/b12-11-. The first kappa shape index (κ1) is 12.2. The lowest BCUT2D eigenvalue weighted by Gasteiger charge is -2.08. The molecule has 0 bridgehead atoms. The van der Waals surface area contributed by atoms with E-state index in [0.29, 0.717) is 5.88 Å². The van der Waals surface area contributed by atoms with Crippen LogP contribution in [-0.4, -0.2) is 22.4 Å². The average molecular weight is 219 g/mol. The smallest absolute Gasteiger partial charge is 0.237 e. The molecule has 1 aromatic rings. The lowest BCUT2D eigenvalue weighted by atomic mass is 10.4. The van der Waals surface area contributed by atoms with Crippen LogP contribution in [0.25, 0.3) is 5.70 Å². The molecule has 0 aliphatic carbocycles. The Morgan fingerprint density at radius 1 is 1.56 bits per heavy atom. The number of aryl methyl sites for hydroxylation is 1. The average Bonchev–Trinajstić information content (AvgIpc) is 2.64. The van der Waals surface area contributed by atoms with Crippen molar-refractivity contribution in [2.24, 2.45) is 4.99 Å². The molecule has 0 radical (unpaired) electrons. The highest BCUT2D eigenvalue weighted by atomic mass is 16.5. The number of rotatable bonds is 4. The van der Waals surface area contributed by atoms with Crippen LogP contribution in [0.1, 0.15) is 19.5 Å². The Morgan fingerprint density at radius 3 is 2.62 bits per heavy atom. The Balaban J connectivity index is 3.26. The largest absolute Gasteiger partial charge is 0.480 e. The van der Waals surface area contributed by atoms with Gasteiger partial charge in [-0.1, -0.05) is 6.58 Å². The first-order valence-electron chi connectivity index (χ1n) is 5.02. The summed E-state index contributed by atoms with van der Waals surface area (Å²) in [5, 5.41) is 0. The van der Waals surface area contributed by atoms with Gasteiger partial charge in [-0.25, -0.2) is 9.98 Å². The summed E-state index contributed by atoms with van der Waals surface area (Å²) in [6.45, 7) is 9.53. The van der Waals surface area contributed by atoms with E-state index < -0.39 is 0 Å². The van der Waals surface area contributed by atoms with Crippen LogP contribution in [0.15, 0.2) is 36.1 Å². The minimum Gasteiger partial charge on any atom is -0.480 e. The number of ether oxygens (including phenoxy) is 1. The highest BCUT2D eigenvalue weighted by molar-refractivity contribution is 5.81. The molecule has 1 aromatic heterocycles. The van der Waals surface area contributed by atoms with Crippen LogP contribution in [0.5, 0.6) is 0 Å². The van der Waals surface area contributed by atoms with E-state index >= 15 is 0 Å². The molecule has 0 aliphatic rings. The van der Waals surface area contributed by atoms with Gasteiger partial charge in [0.15, 0.2) is 0 Å². The van der Waals surface area contributed by atoms with E-state index in [1.54, 1.807) is 19.5 Å². The zero-order chi connectivity index (χ0) is 12.1. The van der Waals surface area contributed by atoms with Gasteiger partial charge in [0, 0.05) is 11.9 Å². The molecule has 1 heterocycles. The molecular formula is C12H17N3O. The molecule has 0 unspecified atom stereocenters. The van der Waals surface area contributed by atoms with Gasteiger partial charge in [0.1, 0.15) is 5.70 Å².